The molecule has 0 bridgehead atoms. The monoisotopic (exact) mass is 168 g/mol. The van der Waals surface area contributed by atoms with Gasteiger partial charge in [-0.2, -0.15) is 5.10 Å². The van der Waals surface area contributed by atoms with Crippen molar-refractivity contribution >= 4 is 0 Å². The van der Waals surface area contributed by atoms with Crippen LogP contribution in [0.4, 0.5) is 0 Å². The predicted molar refractivity (Wildman–Crippen MR) is 48.6 cm³/mol. The van der Waals surface area contributed by atoms with Gasteiger partial charge in [0.15, 0.2) is 0 Å². The Bertz CT molecular complexity index is 195. The van der Waals surface area contributed by atoms with Crippen LogP contribution in [0.5, 0.6) is 0 Å². The zero-order valence-corrected chi connectivity index (χ0v) is 7.38. The Labute approximate surface area is 72.5 Å². The van der Waals surface area contributed by atoms with Crippen LogP contribution in [0.2, 0.25) is 0 Å². The lowest BCUT2D eigenvalue weighted by atomic mass is 10.2. The molecule has 0 saturated heterocycles. The van der Waals surface area contributed by atoms with E-state index in [2.05, 4.69) is 22.4 Å². The molecule has 0 saturated carbocycles. The highest BCUT2D eigenvalue weighted by molar-refractivity contribution is 4.96. The zero-order valence-electron chi connectivity index (χ0n) is 7.38. The standard InChI is InChI=1S/C8H16N4/c1-7(2-4-9)10-6-8-3-5-11-12-8/h3,5,7,10H,2,4,6,9H2,1H3,(H,11,12). The third-order valence-electron chi connectivity index (χ3n) is 1.80. The fourth-order valence-corrected chi connectivity index (χ4v) is 1.02. The summed E-state index contributed by atoms with van der Waals surface area (Å²) in [6, 6.07) is 2.43. The van der Waals surface area contributed by atoms with Crippen molar-refractivity contribution in [2.45, 2.75) is 25.9 Å². The van der Waals surface area contributed by atoms with Crippen LogP contribution >= 0.6 is 0 Å². The van der Waals surface area contributed by atoms with Crippen molar-refractivity contribution in [1.82, 2.24) is 15.5 Å². The number of aromatic amines is 1. The minimum absolute atomic E-state index is 0.471. The maximum absolute atomic E-state index is 5.42. The van der Waals surface area contributed by atoms with Crippen LogP contribution in [0.15, 0.2) is 12.3 Å². The third kappa shape index (κ3) is 3.02. The second-order valence-corrected chi connectivity index (χ2v) is 2.94. The van der Waals surface area contributed by atoms with Gasteiger partial charge in [0.1, 0.15) is 0 Å². The molecule has 0 amide bonds. The van der Waals surface area contributed by atoms with E-state index in [-0.39, 0.29) is 0 Å². The van der Waals surface area contributed by atoms with Crippen molar-refractivity contribution in [2.24, 2.45) is 5.73 Å². The lowest BCUT2D eigenvalue weighted by Gasteiger charge is -2.10. The molecule has 0 aliphatic carbocycles. The molecule has 4 heteroatoms. The van der Waals surface area contributed by atoms with E-state index in [9.17, 15) is 0 Å². The molecule has 0 spiro atoms. The average Bonchev–Trinajstić information content (AvgIpc) is 2.53. The van der Waals surface area contributed by atoms with Gasteiger partial charge in [0.05, 0.1) is 0 Å². The molecule has 4 nitrogen and oxygen atoms in total. The van der Waals surface area contributed by atoms with Crippen molar-refractivity contribution in [1.29, 1.82) is 0 Å². The van der Waals surface area contributed by atoms with Crippen LogP contribution in [0, 0.1) is 0 Å². The summed E-state index contributed by atoms with van der Waals surface area (Å²) in [5, 5.41) is 10.1. The topological polar surface area (TPSA) is 66.7 Å². The lowest BCUT2D eigenvalue weighted by molar-refractivity contribution is 0.515. The van der Waals surface area contributed by atoms with Crippen molar-refractivity contribution in [3.8, 4) is 0 Å². The summed E-state index contributed by atoms with van der Waals surface area (Å²) in [4.78, 5) is 0. The van der Waals surface area contributed by atoms with E-state index in [4.69, 9.17) is 5.73 Å². The minimum Gasteiger partial charge on any atom is -0.330 e. The fourth-order valence-electron chi connectivity index (χ4n) is 1.02. The molecule has 1 heterocycles. The molecule has 0 aliphatic rings. The maximum atomic E-state index is 5.42. The van der Waals surface area contributed by atoms with E-state index < -0.39 is 0 Å². The predicted octanol–water partition coefficient (Wildman–Crippen LogP) is 0.237. The van der Waals surface area contributed by atoms with Crippen LogP contribution in [-0.2, 0) is 6.54 Å². The third-order valence-corrected chi connectivity index (χ3v) is 1.80. The number of H-pyrrole nitrogens is 1. The number of rotatable bonds is 5. The van der Waals surface area contributed by atoms with Crippen molar-refractivity contribution in [3.63, 3.8) is 0 Å². The Morgan fingerprint density at radius 1 is 1.75 bits per heavy atom. The summed E-state index contributed by atoms with van der Waals surface area (Å²) in [5.74, 6) is 0. The second kappa shape index (κ2) is 4.90. The van der Waals surface area contributed by atoms with E-state index >= 15 is 0 Å². The number of nitrogens with two attached hydrogens (primary N) is 1. The number of hydrogen-bond acceptors (Lipinski definition) is 3. The van der Waals surface area contributed by atoms with Gasteiger partial charge in [0, 0.05) is 24.5 Å². The lowest BCUT2D eigenvalue weighted by Crippen LogP contribution is -2.27. The number of nitrogens with one attached hydrogen (secondary N) is 2. The molecule has 1 rings (SSSR count). The molecule has 4 N–H and O–H groups in total. The molecule has 12 heavy (non-hydrogen) atoms. The van der Waals surface area contributed by atoms with Crippen LogP contribution in [0.25, 0.3) is 0 Å². The average molecular weight is 168 g/mol. The summed E-state index contributed by atoms with van der Waals surface area (Å²) in [7, 11) is 0. The van der Waals surface area contributed by atoms with Gasteiger partial charge in [0.2, 0.25) is 0 Å². The normalized spacial score (nSPS) is 13.2. The van der Waals surface area contributed by atoms with Gasteiger partial charge in [0.25, 0.3) is 0 Å². The highest BCUT2D eigenvalue weighted by Crippen LogP contribution is 1.93. The van der Waals surface area contributed by atoms with Gasteiger partial charge in [-0.3, -0.25) is 5.10 Å². The smallest absolute Gasteiger partial charge is 0.0490 e. The van der Waals surface area contributed by atoms with Gasteiger partial charge >= 0.3 is 0 Å². The summed E-state index contributed by atoms with van der Waals surface area (Å²) in [5.41, 5.74) is 6.53. The van der Waals surface area contributed by atoms with E-state index in [0.717, 1.165) is 25.2 Å². The van der Waals surface area contributed by atoms with Gasteiger partial charge in [-0.15, -0.1) is 0 Å². The first-order chi connectivity index (χ1) is 5.83. The number of aromatic nitrogens is 2. The molecule has 68 valence electrons. The molecular weight excluding hydrogens is 152 g/mol. The fraction of sp³-hybridized carbons (Fsp3) is 0.625. The molecule has 0 aliphatic heterocycles. The Balaban J connectivity index is 2.17. The van der Waals surface area contributed by atoms with E-state index in [0.29, 0.717) is 6.04 Å². The van der Waals surface area contributed by atoms with Crippen LogP contribution in [-0.4, -0.2) is 22.8 Å². The summed E-state index contributed by atoms with van der Waals surface area (Å²) >= 11 is 0. The van der Waals surface area contributed by atoms with Gasteiger partial charge in [-0.1, -0.05) is 0 Å². The van der Waals surface area contributed by atoms with Crippen molar-refractivity contribution in [2.75, 3.05) is 6.54 Å². The first-order valence-electron chi connectivity index (χ1n) is 4.24. The molecule has 1 aromatic heterocycles. The molecule has 1 aromatic rings. The molecule has 0 radical (unpaired) electrons. The maximum Gasteiger partial charge on any atom is 0.0490 e. The van der Waals surface area contributed by atoms with Crippen molar-refractivity contribution in [3.05, 3.63) is 18.0 Å². The SMILES string of the molecule is CC(CCN)NCc1ccn[nH]1. The molecule has 1 atom stereocenters. The zero-order chi connectivity index (χ0) is 8.81. The molecular formula is C8H16N4. The molecule has 0 aromatic carbocycles. The van der Waals surface area contributed by atoms with E-state index in [1.54, 1.807) is 6.20 Å². The summed E-state index contributed by atoms with van der Waals surface area (Å²) in [6.07, 6.45) is 2.76. The highest BCUT2D eigenvalue weighted by Gasteiger charge is 1.99. The highest BCUT2D eigenvalue weighted by atomic mass is 15.1. The summed E-state index contributed by atoms with van der Waals surface area (Å²) in [6.45, 7) is 3.70. The summed E-state index contributed by atoms with van der Waals surface area (Å²) < 4.78 is 0. The van der Waals surface area contributed by atoms with Crippen LogP contribution in [0.3, 0.4) is 0 Å². The largest absolute Gasteiger partial charge is 0.330 e. The van der Waals surface area contributed by atoms with Crippen LogP contribution < -0.4 is 11.1 Å². The number of hydrogen-bond donors (Lipinski definition) is 3. The van der Waals surface area contributed by atoms with E-state index in [1.807, 2.05) is 6.07 Å². The van der Waals surface area contributed by atoms with Gasteiger partial charge < -0.3 is 11.1 Å². The molecule has 0 fully saturated rings. The number of nitrogens with zero attached hydrogens (tertiary/aromatic N) is 1. The Morgan fingerprint density at radius 3 is 3.17 bits per heavy atom. The van der Waals surface area contributed by atoms with Gasteiger partial charge in [-0.25, -0.2) is 0 Å². The quantitative estimate of drug-likeness (QED) is 0.590. The first-order valence-corrected chi connectivity index (χ1v) is 4.24. The minimum atomic E-state index is 0.471. The second-order valence-electron chi connectivity index (χ2n) is 2.94. The molecule has 1 unspecified atom stereocenters. The Morgan fingerprint density at radius 2 is 2.58 bits per heavy atom. The Hall–Kier alpha value is -0.870. The van der Waals surface area contributed by atoms with E-state index in [1.165, 1.54) is 0 Å². The Kier molecular flexibility index (Phi) is 3.76. The van der Waals surface area contributed by atoms with Gasteiger partial charge in [-0.05, 0) is 26.0 Å². The van der Waals surface area contributed by atoms with Crippen LogP contribution in [0.1, 0.15) is 19.0 Å². The first kappa shape index (κ1) is 9.22. The van der Waals surface area contributed by atoms with Crippen molar-refractivity contribution < 1.29 is 0 Å².